The number of carbonyl (C=O) groups is 2. The van der Waals surface area contributed by atoms with E-state index in [4.69, 9.17) is 9.47 Å². The summed E-state index contributed by atoms with van der Waals surface area (Å²) in [6.07, 6.45) is 20.7. The first-order chi connectivity index (χ1) is 12.7. The van der Waals surface area contributed by atoms with E-state index in [1.165, 1.54) is 51.4 Å². The first-order valence-corrected chi connectivity index (χ1v) is 10.4. The molecule has 150 valence electrons. The average molecular weight is 367 g/mol. The molecule has 26 heavy (non-hydrogen) atoms. The molecule has 0 aromatic carbocycles. The maximum atomic E-state index is 11.4. The van der Waals surface area contributed by atoms with E-state index in [9.17, 15) is 9.59 Å². The minimum Gasteiger partial charge on any atom is -0.463 e. The van der Waals surface area contributed by atoms with Gasteiger partial charge in [0.2, 0.25) is 0 Å². The molecular formula is C22H38O4. The van der Waals surface area contributed by atoms with E-state index < -0.39 is 11.9 Å². The first-order valence-electron chi connectivity index (χ1n) is 10.4. The summed E-state index contributed by atoms with van der Waals surface area (Å²) in [6.45, 7) is 4.99. The van der Waals surface area contributed by atoms with Crippen molar-refractivity contribution in [3.63, 3.8) is 0 Å². The van der Waals surface area contributed by atoms with Gasteiger partial charge in [0.05, 0.1) is 13.2 Å². The van der Waals surface area contributed by atoms with E-state index in [1.807, 2.05) is 6.92 Å². The van der Waals surface area contributed by atoms with Gasteiger partial charge in [0.25, 0.3) is 0 Å². The van der Waals surface area contributed by atoms with E-state index in [1.54, 1.807) is 0 Å². The molecule has 0 bridgehead atoms. The van der Waals surface area contributed by atoms with E-state index >= 15 is 0 Å². The van der Waals surface area contributed by atoms with Gasteiger partial charge in [0.1, 0.15) is 0 Å². The molecule has 0 saturated heterocycles. The lowest BCUT2D eigenvalue weighted by atomic mass is 10.1. The number of allylic oxidation sites excluding steroid dienone is 1. The number of ether oxygens (including phenoxy) is 2. The molecule has 0 aliphatic rings. The van der Waals surface area contributed by atoms with Gasteiger partial charge < -0.3 is 9.47 Å². The predicted octanol–water partition coefficient (Wildman–Crippen LogP) is 5.91. The molecule has 0 fully saturated rings. The minimum absolute atomic E-state index is 0.335. The van der Waals surface area contributed by atoms with Crippen LogP contribution in [-0.4, -0.2) is 25.2 Å². The lowest BCUT2D eigenvalue weighted by molar-refractivity contribution is -0.140. The fraction of sp³-hybridized carbons (Fsp3) is 0.727. The van der Waals surface area contributed by atoms with Crippen LogP contribution in [0, 0.1) is 0 Å². The highest BCUT2D eigenvalue weighted by Crippen LogP contribution is 2.09. The van der Waals surface area contributed by atoms with Crippen molar-refractivity contribution in [2.75, 3.05) is 13.2 Å². The Morgan fingerprint density at radius 2 is 1.12 bits per heavy atom. The second kappa shape index (κ2) is 19.7. The lowest BCUT2D eigenvalue weighted by Crippen LogP contribution is -2.05. The molecule has 4 nitrogen and oxygen atoms in total. The summed E-state index contributed by atoms with van der Waals surface area (Å²) in [5.74, 6) is -1.01. The van der Waals surface area contributed by atoms with Gasteiger partial charge in [-0.1, -0.05) is 77.4 Å². The topological polar surface area (TPSA) is 52.6 Å². The molecule has 0 N–H and O–H groups in total. The Hall–Kier alpha value is -1.58. The fourth-order valence-corrected chi connectivity index (χ4v) is 2.41. The van der Waals surface area contributed by atoms with Gasteiger partial charge in [0.15, 0.2) is 0 Å². The second-order valence-electron chi connectivity index (χ2n) is 6.55. The van der Waals surface area contributed by atoms with Crippen LogP contribution in [0.25, 0.3) is 0 Å². The van der Waals surface area contributed by atoms with Crippen molar-refractivity contribution in [3.8, 4) is 0 Å². The summed E-state index contributed by atoms with van der Waals surface area (Å²) in [5, 5.41) is 0. The Balaban J connectivity index is 3.45. The summed E-state index contributed by atoms with van der Waals surface area (Å²) in [4.78, 5) is 22.7. The summed E-state index contributed by atoms with van der Waals surface area (Å²) < 4.78 is 9.94. The van der Waals surface area contributed by atoms with Crippen LogP contribution >= 0.6 is 0 Å². The van der Waals surface area contributed by atoms with Crippen LogP contribution in [0.5, 0.6) is 0 Å². The molecule has 0 aliphatic carbocycles. The minimum atomic E-state index is -0.506. The van der Waals surface area contributed by atoms with Crippen molar-refractivity contribution in [1.82, 2.24) is 0 Å². The molecule has 0 aliphatic heterocycles. The molecule has 0 rings (SSSR count). The Labute approximate surface area is 160 Å². The largest absolute Gasteiger partial charge is 0.463 e. The number of unbranched alkanes of at least 4 members (excludes halogenated alkanes) is 9. The number of carbonyl (C=O) groups excluding carboxylic acids is 2. The first kappa shape index (κ1) is 24.4. The van der Waals surface area contributed by atoms with Crippen LogP contribution in [0.3, 0.4) is 0 Å². The molecule has 0 saturated carbocycles. The monoisotopic (exact) mass is 366 g/mol. The van der Waals surface area contributed by atoms with Crippen molar-refractivity contribution < 1.29 is 19.1 Å². The highest BCUT2D eigenvalue weighted by Gasteiger charge is 2.00. The molecule has 0 radical (unpaired) electrons. The molecule has 0 atom stereocenters. The highest BCUT2D eigenvalue weighted by molar-refractivity contribution is 5.91. The molecule has 0 aromatic rings. The SMILES string of the molecule is CCCCCCCCCC/C=C/CCOC(=O)/C=C/C(=O)OCCCC. The van der Waals surface area contributed by atoms with Crippen LogP contribution in [0.2, 0.25) is 0 Å². The zero-order valence-electron chi connectivity index (χ0n) is 16.8. The van der Waals surface area contributed by atoms with Crippen LogP contribution in [0.4, 0.5) is 0 Å². The highest BCUT2D eigenvalue weighted by atomic mass is 16.5. The van der Waals surface area contributed by atoms with Crippen molar-refractivity contribution in [1.29, 1.82) is 0 Å². The maximum absolute atomic E-state index is 11.4. The quantitative estimate of drug-likeness (QED) is 0.139. The van der Waals surface area contributed by atoms with Gasteiger partial charge in [-0.2, -0.15) is 0 Å². The number of esters is 2. The third-order valence-corrected chi connectivity index (χ3v) is 4.02. The zero-order valence-corrected chi connectivity index (χ0v) is 16.8. The van der Waals surface area contributed by atoms with Crippen LogP contribution in [0.15, 0.2) is 24.3 Å². The van der Waals surface area contributed by atoms with Gasteiger partial charge in [-0.05, 0) is 25.7 Å². The average Bonchev–Trinajstić information content (AvgIpc) is 2.64. The van der Waals surface area contributed by atoms with Gasteiger partial charge in [-0.15, -0.1) is 0 Å². The summed E-state index contributed by atoms with van der Waals surface area (Å²) >= 11 is 0. The molecule has 0 spiro atoms. The summed E-state index contributed by atoms with van der Waals surface area (Å²) in [7, 11) is 0. The van der Waals surface area contributed by atoms with Crippen molar-refractivity contribution >= 4 is 11.9 Å². The zero-order chi connectivity index (χ0) is 19.3. The van der Waals surface area contributed by atoms with E-state index in [0.29, 0.717) is 19.6 Å². The summed E-state index contributed by atoms with van der Waals surface area (Å²) in [5.41, 5.74) is 0. The van der Waals surface area contributed by atoms with Crippen LogP contribution in [-0.2, 0) is 19.1 Å². The van der Waals surface area contributed by atoms with Gasteiger partial charge in [0, 0.05) is 12.2 Å². The molecule has 4 heteroatoms. The fourth-order valence-electron chi connectivity index (χ4n) is 2.41. The van der Waals surface area contributed by atoms with Gasteiger partial charge >= 0.3 is 11.9 Å². The van der Waals surface area contributed by atoms with Crippen molar-refractivity contribution in [2.45, 2.75) is 90.9 Å². The molecular weight excluding hydrogens is 328 g/mol. The number of hydrogen-bond donors (Lipinski definition) is 0. The standard InChI is InChI=1S/C22H38O4/c1-3-5-7-8-9-10-11-12-13-14-15-16-20-26-22(24)18-17-21(23)25-19-6-4-2/h14-15,17-18H,3-13,16,19-20H2,1-2H3/b15-14+,18-17+. The Morgan fingerprint density at radius 1 is 0.615 bits per heavy atom. The Kier molecular flexibility index (Phi) is 18.5. The van der Waals surface area contributed by atoms with Gasteiger partial charge in [-0.25, -0.2) is 9.59 Å². The third-order valence-electron chi connectivity index (χ3n) is 4.02. The molecule has 0 aromatic heterocycles. The molecule has 0 amide bonds. The van der Waals surface area contributed by atoms with Crippen LogP contribution in [0.1, 0.15) is 90.9 Å². The number of rotatable bonds is 17. The molecule has 0 unspecified atom stereocenters. The molecule has 0 heterocycles. The normalized spacial score (nSPS) is 11.3. The number of hydrogen-bond acceptors (Lipinski definition) is 4. The predicted molar refractivity (Wildman–Crippen MR) is 107 cm³/mol. The van der Waals surface area contributed by atoms with E-state index in [0.717, 1.165) is 31.4 Å². The Morgan fingerprint density at radius 3 is 1.73 bits per heavy atom. The second-order valence-corrected chi connectivity index (χ2v) is 6.55. The van der Waals surface area contributed by atoms with Gasteiger partial charge in [-0.3, -0.25) is 0 Å². The lowest BCUT2D eigenvalue weighted by Gasteiger charge is -2.00. The van der Waals surface area contributed by atoms with E-state index in [2.05, 4.69) is 19.1 Å². The Bertz CT molecular complexity index is 399. The smallest absolute Gasteiger partial charge is 0.331 e. The van der Waals surface area contributed by atoms with E-state index in [-0.39, 0.29) is 0 Å². The van der Waals surface area contributed by atoms with Crippen molar-refractivity contribution in [3.05, 3.63) is 24.3 Å². The summed E-state index contributed by atoms with van der Waals surface area (Å²) in [6, 6.07) is 0. The third kappa shape index (κ3) is 18.8. The maximum Gasteiger partial charge on any atom is 0.331 e. The van der Waals surface area contributed by atoms with Crippen molar-refractivity contribution in [2.24, 2.45) is 0 Å². The van der Waals surface area contributed by atoms with Crippen LogP contribution < -0.4 is 0 Å².